The molecule has 1 saturated heterocycles. The molecule has 210 valence electrons. The van der Waals surface area contributed by atoms with Crippen LogP contribution >= 0.6 is 0 Å². The number of fused-ring (bicyclic) bond motifs is 7. The van der Waals surface area contributed by atoms with Gasteiger partial charge in [0.1, 0.15) is 0 Å². The van der Waals surface area contributed by atoms with Crippen LogP contribution < -0.4 is 24.8 Å². The molecule has 0 amide bonds. The van der Waals surface area contributed by atoms with Crippen LogP contribution in [0.2, 0.25) is 7.35 Å². The Morgan fingerprint density at radius 2 is 0.976 bits per heavy atom. The minimum Gasteiger partial charge on any atom is -1.00 e. The fourth-order valence-electron chi connectivity index (χ4n) is 9.67. The molecule has 4 aromatic carbocycles. The predicted octanol–water partition coefficient (Wildman–Crippen LogP) is 5.21. The molecule has 8 rings (SSSR count). The van der Waals surface area contributed by atoms with E-state index in [4.69, 9.17) is 0 Å². The summed E-state index contributed by atoms with van der Waals surface area (Å²) in [5, 5.41) is 5.74. The summed E-state index contributed by atoms with van der Waals surface area (Å²) in [6.07, 6.45) is 11.3. The average Bonchev–Trinajstić information content (AvgIpc) is 3.25. The van der Waals surface area contributed by atoms with Gasteiger partial charge in [-0.15, -0.1) is 0 Å². The predicted molar refractivity (Wildman–Crippen MR) is 165 cm³/mol. The van der Waals surface area contributed by atoms with Gasteiger partial charge in [0.25, 0.3) is 0 Å². The van der Waals surface area contributed by atoms with Crippen LogP contribution in [0.1, 0.15) is 83.0 Å². The molecule has 0 nitrogen and oxygen atoms in total. The Morgan fingerprint density at radius 1 is 0.561 bits per heavy atom. The summed E-state index contributed by atoms with van der Waals surface area (Å²) in [6, 6.07) is 28.3. The van der Waals surface area contributed by atoms with E-state index in [9.17, 15) is 0 Å². The Morgan fingerprint density at radius 3 is 1.39 bits per heavy atom. The first-order chi connectivity index (χ1) is 19.0. The molecular formula is C38H40Cl2Hf. The fourth-order valence-corrected chi connectivity index (χ4v) is 46.0. The first-order valence-electron chi connectivity index (χ1n) is 15.5. The van der Waals surface area contributed by atoms with E-state index in [1.165, 1.54) is 47.2 Å². The van der Waals surface area contributed by atoms with Crippen LogP contribution in [0.25, 0.3) is 33.7 Å². The monoisotopic (exact) mass is 746 g/mol. The summed E-state index contributed by atoms with van der Waals surface area (Å²) in [7, 11) is 0. The van der Waals surface area contributed by atoms with Crippen molar-refractivity contribution in [2.75, 3.05) is 0 Å². The van der Waals surface area contributed by atoms with Crippen molar-refractivity contribution < 1.29 is 44.8 Å². The van der Waals surface area contributed by atoms with Crippen LogP contribution in [0.3, 0.4) is 0 Å². The Kier molecular flexibility index (Phi) is 7.74. The van der Waals surface area contributed by atoms with Crippen molar-refractivity contribution >= 4 is 33.7 Å². The maximum atomic E-state index is 2.69. The number of hydrogen-bond donors (Lipinski definition) is 0. The molecule has 3 aliphatic carbocycles. The Labute approximate surface area is 262 Å². The smallest absolute Gasteiger partial charge is 1.00 e. The average molecular weight is 746 g/mol. The molecule has 3 heteroatoms. The molecule has 4 aromatic rings. The molecule has 0 spiro atoms. The minimum absolute atomic E-state index is 0. The van der Waals surface area contributed by atoms with E-state index in [2.05, 4.69) is 113 Å². The van der Waals surface area contributed by atoms with E-state index < -0.39 is 20.0 Å². The molecule has 0 bridgehead atoms. The van der Waals surface area contributed by atoms with E-state index in [0.29, 0.717) is 11.8 Å². The molecule has 1 aliphatic heterocycles. The Bertz CT molecular complexity index is 1580. The van der Waals surface area contributed by atoms with E-state index >= 15 is 0 Å². The SMILES string of the molecule is CC(C)C1=Cc2c(ccc3ccccc23)[CH]1[Hf+2]1([CH]2C(C(C)C)=Cc3c2ccc2ccccc32)[CH]2CCCC[CH]21.[Cl-].[Cl-]. The first-order valence-corrected chi connectivity index (χ1v) is 23.8. The summed E-state index contributed by atoms with van der Waals surface area (Å²) in [5.41, 5.74) is 10.1. The van der Waals surface area contributed by atoms with Gasteiger partial charge in [-0.05, 0) is 0 Å². The maximum Gasteiger partial charge on any atom is -1.00 e. The summed E-state index contributed by atoms with van der Waals surface area (Å²) >= 11 is -3.13. The second-order valence-corrected chi connectivity index (χ2v) is 30.2. The van der Waals surface area contributed by atoms with Gasteiger partial charge in [0.2, 0.25) is 0 Å². The number of benzene rings is 4. The third-order valence-electron chi connectivity index (χ3n) is 11.2. The number of rotatable bonds is 4. The first kappa shape index (κ1) is 29.4. The van der Waals surface area contributed by atoms with Crippen LogP contribution in [0.15, 0.2) is 83.9 Å². The fraction of sp³-hybridized carbons (Fsp3) is 0.368. The van der Waals surface area contributed by atoms with E-state index in [1.54, 1.807) is 33.4 Å². The van der Waals surface area contributed by atoms with Gasteiger partial charge in [-0.1, -0.05) is 0 Å². The molecule has 0 radical (unpaired) electrons. The van der Waals surface area contributed by atoms with Gasteiger partial charge < -0.3 is 24.8 Å². The van der Waals surface area contributed by atoms with Crippen molar-refractivity contribution in [1.82, 2.24) is 0 Å². The summed E-state index contributed by atoms with van der Waals surface area (Å²) < 4.78 is 3.55. The van der Waals surface area contributed by atoms with Crippen LogP contribution in [0.5, 0.6) is 0 Å². The van der Waals surface area contributed by atoms with Crippen LogP contribution in [-0.2, 0) is 20.0 Å². The molecule has 4 unspecified atom stereocenters. The van der Waals surface area contributed by atoms with Gasteiger partial charge in [0, 0.05) is 0 Å². The maximum absolute atomic E-state index is 3.13. The normalized spacial score (nSPS) is 26.0. The zero-order valence-corrected chi connectivity index (χ0v) is 29.7. The van der Waals surface area contributed by atoms with Crippen LogP contribution in [0.4, 0.5) is 0 Å². The zero-order chi connectivity index (χ0) is 26.5. The minimum atomic E-state index is -3.13. The zero-order valence-electron chi connectivity index (χ0n) is 24.6. The van der Waals surface area contributed by atoms with Crippen molar-refractivity contribution in [1.29, 1.82) is 0 Å². The van der Waals surface area contributed by atoms with E-state index in [-0.39, 0.29) is 24.8 Å². The molecule has 0 aromatic heterocycles. The van der Waals surface area contributed by atoms with Crippen molar-refractivity contribution in [3.63, 3.8) is 0 Å². The van der Waals surface area contributed by atoms with Gasteiger partial charge in [0.05, 0.1) is 0 Å². The Hall–Kier alpha value is -1.67. The van der Waals surface area contributed by atoms with E-state index in [0.717, 1.165) is 14.7 Å². The molecule has 0 N–H and O–H groups in total. The van der Waals surface area contributed by atoms with Gasteiger partial charge in [-0.3, -0.25) is 0 Å². The molecular weight excluding hydrogens is 706 g/mol. The van der Waals surface area contributed by atoms with Crippen molar-refractivity contribution in [2.45, 2.75) is 68.1 Å². The number of halogens is 2. The van der Waals surface area contributed by atoms with Crippen LogP contribution in [-0.4, -0.2) is 0 Å². The van der Waals surface area contributed by atoms with Gasteiger partial charge in [-0.2, -0.15) is 0 Å². The molecule has 4 aliphatic rings. The van der Waals surface area contributed by atoms with Gasteiger partial charge in [-0.25, -0.2) is 0 Å². The molecule has 1 heterocycles. The third kappa shape index (κ3) is 4.08. The van der Waals surface area contributed by atoms with Crippen molar-refractivity contribution in [3.05, 3.63) is 106 Å². The topological polar surface area (TPSA) is 0 Å². The number of allylic oxidation sites excluding steroid dienone is 2. The number of hydrogen-bond acceptors (Lipinski definition) is 0. The summed E-state index contributed by atoms with van der Waals surface area (Å²) in [6.45, 7) is 9.93. The Balaban J connectivity index is 0.00000151. The van der Waals surface area contributed by atoms with E-state index in [1.807, 2.05) is 0 Å². The van der Waals surface area contributed by atoms with Crippen molar-refractivity contribution in [2.24, 2.45) is 11.8 Å². The summed E-state index contributed by atoms with van der Waals surface area (Å²) in [4.78, 5) is 0. The molecule has 4 atom stereocenters. The molecule has 1 saturated carbocycles. The van der Waals surface area contributed by atoms with Crippen LogP contribution in [0, 0.1) is 11.8 Å². The van der Waals surface area contributed by atoms with Gasteiger partial charge in [0.15, 0.2) is 0 Å². The summed E-state index contributed by atoms with van der Waals surface area (Å²) in [5.74, 6) is 1.20. The second kappa shape index (κ2) is 10.8. The second-order valence-electron chi connectivity index (χ2n) is 13.5. The largest absolute Gasteiger partial charge is 1.00 e. The van der Waals surface area contributed by atoms with Gasteiger partial charge >= 0.3 is 240 Å². The standard InChI is InChI=1S/2C16H15.C6H10.2ClH.Hf/c2*1-11(2)14-9-13-8-7-12-5-3-4-6-15(12)16(13)10-14;1-2-4-6-5-3-1;;;/h2*3-11H,1-2H3;1-2H,3-6H2;2*1H;/q;;;;;+2/p-2. The quantitative estimate of drug-likeness (QED) is 0.252. The molecule has 2 fully saturated rings. The van der Waals surface area contributed by atoms with Crippen molar-refractivity contribution in [3.8, 4) is 0 Å². The molecule has 41 heavy (non-hydrogen) atoms. The third-order valence-corrected chi connectivity index (χ3v) is 35.8.